The Morgan fingerprint density at radius 2 is 2.32 bits per heavy atom. The molecule has 0 spiro atoms. The summed E-state index contributed by atoms with van der Waals surface area (Å²) in [7, 11) is 2.10. The first-order valence-electron chi connectivity index (χ1n) is 6.85. The maximum Gasteiger partial charge on any atom is 0.303 e. The highest BCUT2D eigenvalue weighted by molar-refractivity contribution is 5.67. The molecule has 2 aliphatic rings. The Morgan fingerprint density at radius 3 is 3.11 bits per heavy atom. The van der Waals surface area contributed by atoms with Gasteiger partial charge in [-0.05, 0) is 48.4 Å². The van der Waals surface area contributed by atoms with Gasteiger partial charge in [-0.3, -0.25) is 4.79 Å². The number of hydrogen-bond donors (Lipinski definition) is 1. The number of hydrogen-bond acceptors (Lipinski definition) is 3. The van der Waals surface area contributed by atoms with Crippen LogP contribution in [0.2, 0.25) is 0 Å². The quantitative estimate of drug-likeness (QED) is 0.885. The normalized spacial score (nSPS) is 21.3. The molecule has 102 valence electrons. The van der Waals surface area contributed by atoms with Gasteiger partial charge in [0.05, 0.1) is 6.61 Å². The van der Waals surface area contributed by atoms with Gasteiger partial charge >= 0.3 is 5.97 Å². The number of ether oxygens (including phenoxy) is 1. The van der Waals surface area contributed by atoms with Crippen molar-refractivity contribution in [2.45, 2.75) is 25.7 Å². The molecule has 0 fully saturated rings. The van der Waals surface area contributed by atoms with Crippen LogP contribution in [0.25, 0.3) is 0 Å². The lowest BCUT2D eigenvalue weighted by Crippen LogP contribution is -2.13. The van der Waals surface area contributed by atoms with Crippen molar-refractivity contribution in [1.82, 2.24) is 0 Å². The number of carbonyl (C=O) groups is 1. The Bertz CT molecular complexity index is 512. The van der Waals surface area contributed by atoms with E-state index in [9.17, 15) is 4.79 Å². The number of carboxylic acid groups (broad SMARTS) is 1. The predicted molar refractivity (Wildman–Crippen MR) is 73.0 cm³/mol. The lowest BCUT2D eigenvalue weighted by Gasteiger charge is -2.16. The molecule has 1 N–H and O–H groups in total. The van der Waals surface area contributed by atoms with E-state index in [1.54, 1.807) is 0 Å². The van der Waals surface area contributed by atoms with Crippen LogP contribution in [0.5, 0.6) is 5.75 Å². The molecule has 2 aliphatic heterocycles. The summed E-state index contributed by atoms with van der Waals surface area (Å²) in [6.07, 6.45) is 2.93. The molecular formula is C15H19NO3. The van der Waals surface area contributed by atoms with Crippen LogP contribution in [0, 0.1) is 5.92 Å². The summed E-state index contributed by atoms with van der Waals surface area (Å²) >= 11 is 0. The molecule has 0 saturated heterocycles. The standard InChI is InChI=1S/C15H19NO3/c1-16-4-2-11-9-14-12(8-13(11)16)6-10(3-5-19-14)7-15(17)18/h8-10H,2-7H2,1H3,(H,17,18). The summed E-state index contributed by atoms with van der Waals surface area (Å²) in [4.78, 5) is 13.1. The molecule has 0 aliphatic carbocycles. The molecule has 0 saturated carbocycles. The van der Waals surface area contributed by atoms with Crippen molar-refractivity contribution in [1.29, 1.82) is 0 Å². The van der Waals surface area contributed by atoms with Crippen LogP contribution in [0.3, 0.4) is 0 Å². The number of aliphatic carboxylic acids is 1. The summed E-state index contributed by atoms with van der Waals surface area (Å²) in [6, 6.07) is 4.34. The summed E-state index contributed by atoms with van der Waals surface area (Å²) in [6.45, 7) is 1.68. The molecule has 1 atom stereocenters. The molecule has 1 aromatic rings. The molecule has 3 rings (SSSR count). The molecule has 0 bridgehead atoms. The first-order chi connectivity index (χ1) is 9.13. The Labute approximate surface area is 113 Å². The van der Waals surface area contributed by atoms with Crippen molar-refractivity contribution < 1.29 is 14.6 Å². The maximum absolute atomic E-state index is 10.9. The van der Waals surface area contributed by atoms with Crippen LogP contribution in [0.15, 0.2) is 12.1 Å². The fourth-order valence-electron chi connectivity index (χ4n) is 3.08. The molecular weight excluding hydrogens is 242 g/mol. The van der Waals surface area contributed by atoms with Crippen LogP contribution in [0.1, 0.15) is 24.0 Å². The fraction of sp³-hybridized carbons (Fsp3) is 0.533. The first kappa shape index (κ1) is 12.3. The zero-order valence-corrected chi connectivity index (χ0v) is 11.2. The second-order valence-electron chi connectivity index (χ2n) is 5.57. The summed E-state index contributed by atoms with van der Waals surface area (Å²) in [5.74, 6) is 0.428. The molecule has 1 aromatic carbocycles. The van der Waals surface area contributed by atoms with Crippen molar-refractivity contribution in [3.8, 4) is 5.75 Å². The molecule has 4 nitrogen and oxygen atoms in total. The van der Waals surface area contributed by atoms with Gasteiger partial charge in [-0.1, -0.05) is 0 Å². The van der Waals surface area contributed by atoms with E-state index in [4.69, 9.17) is 9.84 Å². The monoisotopic (exact) mass is 261 g/mol. The number of benzene rings is 1. The van der Waals surface area contributed by atoms with E-state index in [-0.39, 0.29) is 12.3 Å². The van der Waals surface area contributed by atoms with Gasteiger partial charge in [0.1, 0.15) is 5.75 Å². The topological polar surface area (TPSA) is 49.8 Å². The van der Waals surface area contributed by atoms with Crippen molar-refractivity contribution in [3.63, 3.8) is 0 Å². The zero-order valence-electron chi connectivity index (χ0n) is 11.2. The molecule has 4 heteroatoms. The van der Waals surface area contributed by atoms with Gasteiger partial charge < -0.3 is 14.7 Å². The van der Waals surface area contributed by atoms with Crippen LogP contribution in [-0.4, -0.2) is 31.3 Å². The summed E-state index contributed by atoms with van der Waals surface area (Å²) < 4.78 is 5.81. The lowest BCUT2D eigenvalue weighted by atomic mass is 9.93. The largest absolute Gasteiger partial charge is 0.493 e. The van der Waals surface area contributed by atoms with Crippen molar-refractivity contribution >= 4 is 11.7 Å². The van der Waals surface area contributed by atoms with E-state index in [2.05, 4.69) is 24.1 Å². The average Bonchev–Trinajstić information content (AvgIpc) is 2.59. The zero-order chi connectivity index (χ0) is 13.4. The molecule has 19 heavy (non-hydrogen) atoms. The minimum Gasteiger partial charge on any atom is -0.493 e. The lowest BCUT2D eigenvalue weighted by molar-refractivity contribution is -0.138. The Hall–Kier alpha value is -1.71. The third-order valence-corrected chi connectivity index (χ3v) is 4.15. The van der Waals surface area contributed by atoms with E-state index >= 15 is 0 Å². The molecule has 0 amide bonds. The number of anilines is 1. The highest BCUT2D eigenvalue weighted by atomic mass is 16.5. The van der Waals surface area contributed by atoms with E-state index in [0.717, 1.165) is 37.1 Å². The summed E-state index contributed by atoms with van der Waals surface area (Å²) in [5.41, 5.74) is 3.78. The van der Waals surface area contributed by atoms with Gasteiger partial charge in [0.15, 0.2) is 0 Å². The van der Waals surface area contributed by atoms with E-state index in [0.29, 0.717) is 6.61 Å². The highest BCUT2D eigenvalue weighted by Gasteiger charge is 2.24. The minimum absolute atomic E-state index is 0.184. The second-order valence-corrected chi connectivity index (χ2v) is 5.57. The van der Waals surface area contributed by atoms with E-state index in [1.165, 1.54) is 11.3 Å². The molecule has 2 heterocycles. The fourth-order valence-corrected chi connectivity index (χ4v) is 3.08. The molecule has 0 aromatic heterocycles. The van der Waals surface area contributed by atoms with Crippen LogP contribution in [-0.2, 0) is 17.6 Å². The van der Waals surface area contributed by atoms with Crippen LogP contribution >= 0.6 is 0 Å². The van der Waals surface area contributed by atoms with Crippen molar-refractivity contribution in [3.05, 3.63) is 23.3 Å². The SMILES string of the molecule is CN1CCc2cc3c(cc21)CC(CC(=O)O)CCO3. The van der Waals surface area contributed by atoms with Crippen LogP contribution in [0.4, 0.5) is 5.69 Å². The van der Waals surface area contributed by atoms with Crippen molar-refractivity contribution in [2.24, 2.45) is 5.92 Å². The third-order valence-electron chi connectivity index (χ3n) is 4.15. The number of fused-ring (bicyclic) bond motifs is 2. The highest BCUT2D eigenvalue weighted by Crippen LogP contribution is 2.37. The molecule has 0 radical (unpaired) electrons. The van der Waals surface area contributed by atoms with Gasteiger partial charge in [0.2, 0.25) is 0 Å². The number of rotatable bonds is 2. The van der Waals surface area contributed by atoms with Gasteiger partial charge in [0.25, 0.3) is 0 Å². The molecule has 1 unspecified atom stereocenters. The van der Waals surface area contributed by atoms with Gasteiger partial charge in [-0.15, -0.1) is 0 Å². The maximum atomic E-state index is 10.9. The van der Waals surface area contributed by atoms with E-state index in [1.807, 2.05) is 0 Å². The van der Waals surface area contributed by atoms with Crippen LogP contribution < -0.4 is 9.64 Å². The Balaban J connectivity index is 1.90. The Kier molecular flexibility index (Phi) is 3.09. The first-order valence-corrected chi connectivity index (χ1v) is 6.85. The minimum atomic E-state index is -0.716. The second kappa shape index (κ2) is 4.76. The Morgan fingerprint density at radius 1 is 1.47 bits per heavy atom. The number of carboxylic acids is 1. The van der Waals surface area contributed by atoms with Gasteiger partial charge in [-0.25, -0.2) is 0 Å². The smallest absolute Gasteiger partial charge is 0.303 e. The third kappa shape index (κ3) is 2.39. The summed E-state index contributed by atoms with van der Waals surface area (Å²) in [5, 5.41) is 8.95. The average molecular weight is 261 g/mol. The van der Waals surface area contributed by atoms with E-state index < -0.39 is 5.97 Å². The predicted octanol–water partition coefficient (Wildman–Crippen LogP) is 2.09. The van der Waals surface area contributed by atoms with Gasteiger partial charge in [0, 0.05) is 25.7 Å². The van der Waals surface area contributed by atoms with Gasteiger partial charge in [-0.2, -0.15) is 0 Å². The number of nitrogens with zero attached hydrogens (tertiary/aromatic N) is 1. The number of likely N-dealkylation sites (N-methyl/N-ethyl adjacent to an activating group) is 1. The van der Waals surface area contributed by atoms with Crippen molar-refractivity contribution in [2.75, 3.05) is 25.1 Å².